The van der Waals surface area contributed by atoms with E-state index in [9.17, 15) is 0 Å². The molecule has 3 nitrogen and oxygen atoms in total. The Kier molecular flexibility index (Phi) is 6.33. The average Bonchev–Trinajstić information content (AvgIpc) is 2.86. The lowest BCUT2D eigenvalue weighted by molar-refractivity contribution is 0.105. The third kappa shape index (κ3) is 3.97. The van der Waals surface area contributed by atoms with Crippen LogP contribution in [-0.4, -0.2) is 33.0 Å². The second-order valence-electron chi connectivity index (χ2n) is 4.96. The summed E-state index contributed by atoms with van der Waals surface area (Å²) in [5.41, 5.74) is 1.25. The normalized spacial score (nSPS) is 23.8. The van der Waals surface area contributed by atoms with Gasteiger partial charge in [-0.3, -0.25) is 0 Å². The van der Waals surface area contributed by atoms with Crippen LogP contribution in [0.5, 0.6) is 5.75 Å². The maximum absolute atomic E-state index is 5.65. The van der Waals surface area contributed by atoms with Gasteiger partial charge in [0.2, 0.25) is 0 Å². The SMILES string of the molecule is COCCOc1ccc(C(Br)C2CCOC2C)cc1Br. The van der Waals surface area contributed by atoms with Crippen molar-refractivity contribution in [3.05, 3.63) is 28.2 Å². The van der Waals surface area contributed by atoms with Crippen molar-refractivity contribution < 1.29 is 14.2 Å². The molecule has 0 aromatic heterocycles. The third-order valence-electron chi connectivity index (χ3n) is 3.63. The molecule has 0 amide bonds. The lowest BCUT2D eigenvalue weighted by Gasteiger charge is -2.21. The highest BCUT2D eigenvalue weighted by atomic mass is 79.9. The number of benzene rings is 1. The largest absolute Gasteiger partial charge is 0.490 e. The average molecular weight is 408 g/mol. The zero-order chi connectivity index (χ0) is 14.5. The molecule has 0 saturated carbocycles. The van der Waals surface area contributed by atoms with Crippen LogP contribution in [0.4, 0.5) is 0 Å². The Balaban J connectivity index is 2.04. The first-order valence-electron chi connectivity index (χ1n) is 6.80. The van der Waals surface area contributed by atoms with E-state index in [0.717, 1.165) is 23.2 Å². The van der Waals surface area contributed by atoms with Crippen LogP contribution in [0.2, 0.25) is 0 Å². The molecule has 3 unspecified atom stereocenters. The van der Waals surface area contributed by atoms with Gasteiger partial charge in [0.25, 0.3) is 0 Å². The number of rotatable bonds is 6. The van der Waals surface area contributed by atoms with E-state index in [0.29, 0.717) is 30.1 Å². The summed E-state index contributed by atoms with van der Waals surface area (Å²) in [7, 11) is 1.67. The molecule has 1 aromatic carbocycles. The highest BCUT2D eigenvalue weighted by Gasteiger charge is 2.31. The van der Waals surface area contributed by atoms with Gasteiger partial charge >= 0.3 is 0 Å². The van der Waals surface area contributed by atoms with Crippen LogP contribution in [0.25, 0.3) is 0 Å². The van der Waals surface area contributed by atoms with Crippen molar-refractivity contribution in [3.63, 3.8) is 0 Å². The molecule has 0 N–H and O–H groups in total. The van der Waals surface area contributed by atoms with Crippen molar-refractivity contribution in [3.8, 4) is 5.75 Å². The Labute approximate surface area is 137 Å². The summed E-state index contributed by atoms with van der Waals surface area (Å²) in [5, 5.41) is 0. The minimum Gasteiger partial charge on any atom is -0.490 e. The van der Waals surface area contributed by atoms with Crippen LogP contribution in [0.3, 0.4) is 0 Å². The molecule has 0 aliphatic carbocycles. The van der Waals surface area contributed by atoms with Crippen molar-refractivity contribution >= 4 is 31.9 Å². The van der Waals surface area contributed by atoms with Gasteiger partial charge < -0.3 is 14.2 Å². The Bertz CT molecular complexity index is 439. The van der Waals surface area contributed by atoms with E-state index in [1.54, 1.807) is 7.11 Å². The molecule has 1 aliphatic rings. The molecule has 0 spiro atoms. The van der Waals surface area contributed by atoms with Gasteiger partial charge in [-0.2, -0.15) is 0 Å². The monoisotopic (exact) mass is 406 g/mol. The first-order chi connectivity index (χ1) is 9.63. The summed E-state index contributed by atoms with van der Waals surface area (Å²) >= 11 is 7.39. The highest BCUT2D eigenvalue weighted by molar-refractivity contribution is 9.10. The Hall–Kier alpha value is -0.100. The molecule has 1 aromatic rings. The quantitative estimate of drug-likeness (QED) is 0.518. The minimum atomic E-state index is 0.302. The summed E-state index contributed by atoms with van der Waals surface area (Å²) in [5.74, 6) is 1.36. The summed E-state index contributed by atoms with van der Waals surface area (Å²) in [6.07, 6.45) is 1.40. The molecular formula is C15H20Br2O3. The lowest BCUT2D eigenvalue weighted by Crippen LogP contribution is -2.16. The van der Waals surface area contributed by atoms with E-state index in [2.05, 4.69) is 50.9 Å². The first kappa shape index (κ1) is 16.3. The van der Waals surface area contributed by atoms with Crippen molar-refractivity contribution in [1.82, 2.24) is 0 Å². The lowest BCUT2D eigenvalue weighted by atomic mass is 9.94. The number of hydrogen-bond donors (Lipinski definition) is 0. The molecule has 1 aliphatic heterocycles. The van der Waals surface area contributed by atoms with Gasteiger partial charge in [0.1, 0.15) is 12.4 Å². The van der Waals surface area contributed by atoms with Crippen LogP contribution in [0.1, 0.15) is 23.7 Å². The zero-order valence-electron chi connectivity index (χ0n) is 11.8. The summed E-state index contributed by atoms with van der Waals surface area (Å²) < 4.78 is 17.3. The second kappa shape index (κ2) is 7.78. The molecule has 1 heterocycles. The Morgan fingerprint density at radius 2 is 2.20 bits per heavy atom. The molecule has 5 heteroatoms. The Morgan fingerprint density at radius 3 is 2.80 bits per heavy atom. The van der Waals surface area contributed by atoms with Gasteiger partial charge in [0, 0.05) is 24.5 Å². The van der Waals surface area contributed by atoms with E-state index < -0.39 is 0 Å². The fourth-order valence-corrected chi connectivity index (χ4v) is 3.91. The number of ether oxygens (including phenoxy) is 3. The molecule has 3 atom stereocenters. The van der Waals surface area contributed by atoms with Crippen LogP contribution in [0, 0.1) is 5.92 Å². The Morgan fingerprint density at radius 1 is 1.40 bits per heavy atom. The van der Waals surface area contributed by atoms with Gasteiger partial charge in [0.05, 0.1) is 17.2 Å². The minimum absolute atomic E-state index is 0.302. The van der Waals surface area contributed by atoms with E-state index in [4.69, 9.17) is 14.2 Å². The predicted molar refractivity (Wildman–Crippen MR) is 86.7 cm³/mol. The second-order valence-corrected chi connectivity index (χ2v) is 6.80. The molecule has 2 rings (SSSR count). The van der Waals surface area contributed by atoms with Gasteiger partial charge in [0.15, 0.2) is 0 Å². The molecule has 1 fully saturated rings. The van der Waals surface area contributed by atoms with Crippen LogP contribution in [-0.2, 0) is 9.47 Å². The van der Waals surface area contributed by atoms with E-state index in [1.807, 2.05) is 6.07 Å². The molecule has 112 valence electrons. The van der Waals surface area contributed by atoms with Gasteiger partial charge in [-0.05, 0) is 47.0 Å². The standard InChI is InChI=1S/C15H20Br2O3/c1-10-12(5-6-19-10)15(17)11-3-4-14(13(16)9-11)20-8-7-18-2/h3-4,9-10,12,15H,5-8H2,1-2H3. The molecule has 1 saturated heterocycles. The van der Waals surface area contributed by atoms with Crippen LogP contribution >= 0.6 is 31.9 Å². The fraction of sp³-hybridized carbons (Fsp3) is 0.600. The smallest absolute Gasteiger partial charge is 0.133 e. The van der Waals surface area contributed by atoms with Crippen LogP contribution < -0.4 is 4.74 Å². The van der Waals surface area contributed by atoms with Gasteiger partial charge in [-0.15, -0.1) is 0 Å². The van der Waals surface area contributed by atoms with E-state index in [1.165, 1.54) is 5.56 Å². The molecule has 20 heavy (non-hydrogen) atoms. The van der Waals surface area contributed by atoms with Gasteiger partial charge in [-0.1, -0.05) is 22.0 Å². The summed E-state index contributed by atoms with van der Waals surface area (Å²) in [6.45, 7) is 4.14. The van der Waals surface area contributed by atoms with Crippen molar-refractivity contribution in [1.29, 1.82) is 0 Å². The molecule has 0 radical (unpaired) electrons. The van der Waals surface area contributed by atoms with E-state index >= 15 is 0 Å². The van der Waals surface area contributed by atoms with Crippen molar-refractivity contribution in [2.75, 3.05) is 26.9 Å². The zero-order valence-corrected chi connectivity index (χ0v) is 14.9. The third-order valence-corrected chi connectivity index (χ3v) is 5.46. The van der Waals surface area contributed by atoms with Crippen molar-refractivity contribution in [2.45, 2.75) is 24.3 Å². The van der Waals surface area contributed by atoms with Gasteiger partial charge in [-0.25, -0.2) is 0 Å². The number of methoxy groups -OCH3 is 1. The maximum atomic E-state index is 5.65. The summed E-state index contributed by atoms with van der Waals surface area (Å²) in [6, 6.07) is 6.23. The van der Waals surface area contributed by atoms with Crippen molar-refractivity contribution in [2.24, 2.45) is 5.92 Å². The van der Waals surface area contributed by atoms with Crippen LogP contribution in [0.15, 0.2) is 22.7 Å². The maximum Gasteiger partial charge on any atom is 0.133 e. The van der Waals surface area contributed by atoms with E-state index in [-0.39, 0.29) is 0 Å². The predicted octanol–water partition coefficient (Wildman–Crippen LogP) is 4.34. The molecule has 0 bridgehead atoms. The number of alkyl halides is 1. The number of halogens is 2. The summed E-state index contributed by atoms with van der Waals surface area (Å²) in [4.78, 5) is 0.310. The number of hydrogen-bond acceptors (Lipinski definition) is 3. The fourth-order valence-electron chi connectivity index (χ4n) is 2.42. The topological polar surface area (TPSA) is 27.7 Å². The first-order valence-corrected chi connectivity index (χ1v) is 8.51. The molecular weight excluding hydrogens is 388 g/mol. The highest BCUT2D eigenvalue weighted by Crippen LogP contribution is 2.41.